The molecule has 4 aromatic rings. The first-order valence-corrected chi connectivity index (χ1v) is 10.1. The highest BCUT2D eigenvalue weighted by Crippen LogP contribution is 2.25. The molecule has 5 nitrogen and oxygen atoms in total. The highest BCUT2D eigenvalue weighted by molar-refractivity contribution is 5.93. The molecule has 0 spiro atoms. The second kappa shape index (κ2) is 8.70. The van der Waals surface area contributed by atoms with Crippen LogP contribution in [0.5, 0.6) is 5.75 Å². The number of aryl methyl sites for hydroxylation is 2. The minimum Gasteiger partial charge on any atom is -0.491 e. The normalized spacial score (nSPS) is 12.1. The third-order valence-corrected chi connectivity index (χ3v) is 5.01. The second-order valence-corrected chi connectivity index (χ2v) is 7.68. The monoisotopic (exact) mass is 418 g/mol. The van der Waals surface area contributed by atoms with Gasteiger partial charge in [-0.05, 0) is 67.4 Å². The molecule has 1 unspecified atom stereocenters. The summed E-state index contributed by atoms with van der Waals surface area (Å²) in [6.07, 6.45) is -0.937. The van der Waals surface area contributed by atoms with Crippen LogP contribution in [0.3, 0.4) is 0 Å². The first-order valence-electron chi connectivity index (χ1n) is 10.1. The predicted molar refractivity (Wildman–Crippen MR) is 119 cm³/mol. The molecule has 0 saturated heterocycles. The van der Waals surface area contributed by atoms with Gasteiger partial charge in [0.25, 0.3) is 5.56 Å². The lowest BCUT2D eigenvalue weighted by molar-refractivity contribution is 0.0882. The molecule has 0 aliphatic rings. The van der Waals surface area contributed by atoms with Gasteiger partial charge in [-0.2, -0.15) is 5.10 Å². The molecule has 1 atom stereocenters. The van der Waals surface area contributed by atoms with E-state index in [4.69, 9.17) is 4.74 Å². The van der Waals surface area contributed by atoms with Crippen molar-refractivity contribution in [3.8, 4) is 17.0 Å². The van der Waals surface area contributed by atoms with Crippen LogP contribution in [0.2, 0.25) is 0 Å². The number of hydrogen-bond acceptors (Lipinski definition) is 4. The number of halogens is 1. The van der Waals surface area contributed by atoms with E-state index in [0.717, 1.165) is 11.1 Å². The highest BCUT2D eigenvalue weighted by atomic mass is 19.1. The van der Waals surface area contributed by atoms with E-state index in [0.29, 0.717) is 27.8 Å². The van der Waals surface area contributed by atoms with Gasteiger partial charge in [0.2, 0.25) is 0 Å². The summed E-state index contributed by atoms with van der Waals surface area (Å²) in [5.41, 5.74) is 3.08. The van der Waals surface area contributed by atoms with E-state index in [2.05, 4.69) is 5.10 Å². The SMILES string of the molecule is Cc1cc(C)cc(OCC(O)Cn2nc(-c3ccc(F)cc3)c3ccccc3c2=O)c1. The van der Waals surface area contributed by atoms with Crippen LogP contribution >= 0.6 is 0 Å². The lowest BCUT2D eigenvalue weighted by atomic mass is 10.1. The minimum absolute atomic E-state index is 0.0235. The van der Waals surface area contributed by atoms with Gasteiger partial charge in [0, 0.05) is 10.9 Å². The predicted octanol–water partition coefficient (Wildman–Crippen LogP) is 4.26. The maximum Gasteiger partial charge on any atom is 0.274 e. The van der Waals surface area contributed by atoms with Crippen LogP contribution in [-0.2, 0) is 6.54 Å². The second-order valence-electron chi connectivity index (χ2n) is 7.68. The summed E-state index contributed by atoms with van der Waals surface area (Å²) in [6.45, 7) is 3.95. The molecular weight excluding hydrogens is 395 g/mol. The molecule has 4 rings (SSSR count). The number of nitrogens with zero attached hydrogens (tertiary/aromatic N) is 2. The number of ether oxygens (including phenoxy) is 1. The molecule has 6 heteroatoms. The van der Waals surface area contributed by atoms with Gasteiger partial charge in [-0.15, -0.1) is 0 Å². The Kier molecular flexibility index (Phi) is 5.82. The van der Waals surface area contributed by atoms with Crippen LogP contribution in [0, 0.1) is 19.7 Å². The number of fused-ring (bicyclic) bond motifs is 1. The molecule has 1 N–H and O–H groups in total. The van der Waals surface area contributed by atoms with Crippen LogP contribution < -0.4 is 10.3 Å². The molecule has 1 aromatic heterocycles. The van der Waals surface area contributed by atoms with Gasteiger partial charge in [0.15, 0.2) is 0 Å². The Labute approximate surface area is 179 Å². The Hall–Kier alpha value is -3.51. The zero-order valence-electron chi connectivity index (χ0n) is 17.4. The first kappa shape index (κ1) is 20.8. The fraction of sp³-hybridized carbons (Fsp3) is 0.200. The van der Waals surface area contributed by atoms with Crippen molar-refractivity contribution in [3.63, 3.8) is 0 Å². The van der Waals surface area contributed by atoms with Gasteiger partial charge in [-0.3, -0.25) is 4.79 Å². The lowest BCUT2D eigenvalue weighted by Gasteiger charge is -2.16. The minimum atomic E-state index is -0.937. The summed E-state index contributed by atoms with van der Waals surface area (Å²) >= 11 is 0. The maximum absolute atomic E-state index is 13.4. The van der Waals surface area contributed by atoms with Crippen molar-refractivity contribution >= 4 is 10.8 Å². The van der Waals surface area contributed by atoms with E-state index in [9.17, 15) is 14.3 Å². The third-order valence-electron chi connectivity index (χ3n) is 5.01. The molecule has 0 aliphatic heterocycles. The molecule has 31 heavy (non-hydrogen) atoms. The summed E-state index contributed by atoms with van der Waals surface area (Å²) < 4.78 is 20.4. The lowest BCUT2D eigenvalue weighted by Crippen LogP contribution is -2.32. The average Bonchev–Trinajstić information content (AvgIpc) is 2.74. The molecule has 3 aromatic carbocycles. The first-order chi connectivity index (χ1) is 14.9. The molecule has 0 radical (unpaired) electrons. The van der Waals surface area contributed by atoms with Gasteiger partial charge in [0.05, 0.1) is 17.6 Å². The van der Waals surface area contributed by atoms with Crippen molar-refractivity contribution in [2.24, 2.45) is 0 Å². The summed E-state index contributed by atoms with van der Waals surface area (Å²) in [4.78, 5) is 13.0. The number of aromatic nitrogens is 2. The maximum atomic E-state index is 13.4. The molecular formula is C25H23FN2O3. The van der Waals surface area contributed by atoms with Gasteiger partial charge in [-0.25, -0.2) is 9.07 Å². The summed E-state index contributed by atoms with van der Waals surface area (Å²) in [5.74, 6) is 0.322. The van der Waals surface area contributed by atoms with E-state index >= 15 is 0 Å². The topological polar surface area (TPSA) is 64.3 Å². The van der Waals surface area contributed by atoms with Crippen LogP contribution in [-0.4, -0.2) is 27.6 Å². The van der Waals surface area contributed by atoms with Crippen molar-refractivity contribution in [1.29, 1.82) is 0 Å². The van der Waals surface area contributed by atoms with Gasteiger partial charge < -0.3 is 9.84 Å². The fourth-order valence-corrected chi connectivity index (χ4v) is 3.64. The zero-order valence-corrected chi connectivity index (χ0v) is 17.4. The number of rotatable bonds is 6. The zero-order chi connectivity index (χ0) is 22.0. The van der Waals surface area contributed by atoms with E-state index in [1.165, 1.54) is 16.8 Å². The molecule has 1 heterocycles. The number of hydrogen-bond donors (Lipinski definition) is 1. The van der Waals surface area contributed by atoms with Crippen molar-refractivity contribution in [1.82, 2.24) is 9.78 Å². The summed E-state index contributed by atoms with van der Waals surface area (Å²) in [5, 5.41) is 16.2. The molecule has 158 valence electrons. The van der Waals surface area contributed by atoms with E-state index < -0.39 is 6.10 Å². The Balaban J connectivity index is 1.63. The van der Waals surface area contributed by atoms with Crippen molar-refractivity contribution in [2.75, 3.05) is 6.61 Å². The Morgan fingerprint density at radius 2 is 1.65 bits per heavy atom. The average molecular weight is 418 g/mol. The van der Waals surface area contributed by atoms with E-state index in [-0.39, 0.29) is 24.5 Å². The number of benzene rings is 3. The quantitative estimate of drug-likeness (QED) is 0.508. The third kappa shape index (κ3) is 4.64. The smallest absolute Gasteiger partial charge is 0.274 e. The number of aliphatic hydroxyl groups excluding tert-OH is 1. The van der Waals surface area contributed by atoms with E-state index in [1.807, 2.05) is 44.2 Å². The summed E-state index contributed by atoms with van der Waals surface area (Å²) in [6, 6.07) is 18.9. The summed E-state index contributed by atoms with van der Waals surface area (Å²) in [7, 11) is 0. The molecule has 0 aliphatic carbocycles. The highest BCUT2D eigenvalue weighted by Gasteiger charge is 2.15. The van der Waals surface area contributed by atoms with Crippen molar-refractivity contribution in [3.05, 3.63) is 94.0 Å². The van der Waals surface area contributed by atoms with Crippen molar-refractivity contribution < 1.29 is 14.2 Å². The van der Waals surface area contributed by atoms with Crippen molar-refractivity contribution in [2.45, 2.75) is 26.5 Å². The molecule has 0 saturated carbocycles. The standard InChI is InChI=1S/C25H23FN2O3/c1-16-11-17(2)13-21(12-16)31-15-20(29)14-28-25(30)23-6-4-3-5-22(23)24(27-28)18-7-9-19(26)10-8-18/h3-13,20,29H,14-15H2,1-2H3. The van der Waals surface area contributed by atoms with Crippen LogP contribution in [0.25, 0.3) is 22.0 Å². The largest absolute Gasteiger partial charge is 0.491 e. The van der Waals surface area contributed by atoms with Crippen LogP contribution in [0.4, 0.5) is 4.39 Å². The Morgan fingerprint density at radius 1 is 1.00 bits per heavy atom. The van der Waals surface area contributed by atoms with Gasteiger partial charge in [-0.1, -0.05) is 24.3 Å². The van der Waals surface area contributed by atoms with Gasteiger partial charge in [0.1, 0.15) is 24.3 Å². The van der Waals surface area contributed by atoms with Gasteiger partial charge >= 0.3 is 0 Å². The number of aliphatic hydroxyl groups is 1. The van der Waals surface area contributed by atoms with Crippen LogP contribution in [0.1, 0.15) is 11.1 Å². The Bertz CT molecular complexity index is 1260. The molecule has 0 amide bonds. The molecule has 0 bridgehead atoms. The molecule has 0 fully saturated rings. The fourth-order valence-electron chi connectivity index (χ4n) is 3.64. The van der Waals surface area contributed by atoms with E-state index in [1.54, 1.807) is 24.3 Å². The Morgan fingerprint density at radius 3 is 2.32 bits per heavy atom. The van der Waals surface area contributed by atoms with Crippen LogP contribution in [0.15, 0.2) is 71.5 Å².